The van der Waals surface area contributed by atoms with Gasteiger partial charge >= 0.3 is 0 Å². The Labute approximate surface area is 27.0 Å². The van der Waals surface area contributed by atoms with Gasteiger partial charge in [0.05, 0.1) is 0 Å². The maximum Gasteiger partial charge on any atom is 0.0375 e. The average molecular weight is 75.1 g/mol. The summed E-state index contributed by atoms with van der Waals surface area (Å²) in [4.78, 5) is 0. The van der Waals surface area contributed by atoms with Gasteiger partial charge in [-0.3, -0.25) is 0 Å². The van der Waals surface area contributed by atoms with Crippen molar-refractivity contribution in [2.45, 2.75) is 0 Å². The fourth-order valence-corrected chi connectivity index (χ4v) is 0. The lowest BCUT2D eigenvalue weighted by Gasteiger charge is -1.53. The first-order valence-corrected chi connectivity index (χ1v) is 3.28. The molecule has 0 aliphatic carbocycles. The molecule has 0 fully saturated rings. The molecule has 24 valence electrons. The second-order valence-corrected chi connectivity index (χ2v) is 2.54. The first-order chi connectivity index (χ1) is 1.73. The largest absolute Gasteiger partial charge is 0.246 e. The minimum atomic E-state index is -0.620. The molecule has 0 aliphatic rings. The summed E-state index contributed by atoms with van der Waals surface area (Å²) in [6.45, 7) is 3.57. The van der Waals surface area contributed by atoms with E-state index in [1.165, 1.54) is 0 Å². The summed E-state index contributed by atoms with van der Waals surface area (Å²) in [6.07, 6.45) is 0. The lowest BCUT2D eigenvalue weighted by molar-refractivity contribution is 1.63. The average Bonchev–Trinajstić information content (AvgIpc) is 0.811. The van der Waals surface area contributed by atoms with E-state index in [1.54, 1.807) is 13.3 Å². The highest BCUT2D eigenvalue weighted by Crippen LogP contribution is 1.96. The van der Waals surface area contributed by atoms with Crippen molar-refractivity contribution in [3.8, 4) is 0 Å². The molecule has 0 unspecified atom stereocenters. The summed E-state index contributed by atoms with van der Waals surface area (Å²) >= 11 is 0. The molecule has 0 amide bonds. The molecular weight excluding hydrogens is 69.0 g/mol. The summed E-state index contributed by atoms with van der Waals surface area (Å²) < 4.78 is 0. The molecule has 1 nitrogen and oxygen atoms in total. The smallest absolute Gasteiger partial charge is 0.0375 e. The Bertz CT molecular complexity index is 52.2. The van der Waals surface area contributed by atoms with Crippen molar-refractivity contribution in [3.05, 3.63) is 0 Å². The second kappa shape index (κ2) is 1.34. The van der Waals surface area contributed by atoms with Gasteiger partial charge in [0.15, 0.2) is 0 Å². The maximum atomic E-state index is 8.12. The number of rotatable bonds is 0. The molecule has 0 radical (unpaired) electrons. The van der Waals surface area contributed by atoms with Crippen LogP contribution in [0.1, 0.15) is 0 Å². The van der Waals surface area contributed by atoms with Crippen LogP contribution in [0.5, 0.6) is 0 Å². The minimum Gasteiger partial charge on any atom is -0.246 e. The van der Waals surface area contributed by atoms with Crippen LogP contribution >= 0.6 is 7.56 Å². The second-order valence-electron chi connectivity index (χ2n) is 0.847. The van der Waals surface area contributed by atoms with Crippen molar-refractivity contribution in [1.82, 2.24) is 0 Å². The Kier molecular flexibility index (Phi) is 1.35. The van der Waals surface area contributed by atoms with E-state index in [9.17, 15) is 0 Å². The molecule has 0 aromatic rings. The lowest BCUT2D eigenvalue weighted by atomic mass is 11.9. The Morgan fingerprint density at radius 3 is 1.50 bits per heavy atom. The molecule has 0 bridgehead atoms. The predicted octanol–water partition coefficient (Wildman–Crippen LogP) is 1.21. The highest BCUT2D eigenvalue weighted by molar-refractivity contribution is 7.41. The fourth-order valence-electron chi connectivity index (χ4n) is 0. The van der Waals surface area contributed by atoms with Crippen LogP contribution in [0.25, 0.3) is 0 Å². The molecule has 0 atom stereocenters. The molecule has 0 aromatic carbocycles. The van der Waals surface area contributed by atoms with Gasteiger partial charge in [-0.15, -0.1) is 0 Å². The van der Waals surface area contributed by atoms with Gasteiger partial charge in [0, 0.05) is 20.9 Å². The summed E-state index contributed by atoms with van der Waals surface area (Å²) in [5.74, 6) is 0. The standard InChI is InChI=1S/C2H6NP/c1-4(2)3/h1-2H3. The van der Waals surface area contributed by atoms with Crippen molar-refractivity contribution in [2.75, 3.05) is 13.3 Å². The molecule has 2 heteroatoms. The van der Waals surface area contributed by atoms with E-state index >= 15 is 0 Å². The minimum absolute atomic E-state index is 0.620. The zero-order chi connectivity index (χ0) is 3.58. The molecular formula is C2H6NP. The Morgan fingerprint density at radius 2 is 1.50 bits per heavy atom. The van der Waals surface area contributed by atoms with E-state index < -0.39 is 7.56 Å². The van der Waals surface area contributed by atoms with Crippen LogP contribution in [-0.2, 0) is 0 Å². The van der Waals surface area contributed by atoms with Crippen LogP contribution in [0.3, 0.4) is 0 Å². The van der Waals surface area contributed by atoms with Crippen molar-refractivity contribution >= 4 is 7.56 Å². The first kappa shape index (κ1) is 4.01. The molecule has 0 spiro atoms. The van der Waals surface area contributed by atoms with Crippen molar-refractivity contribution < 1.29 is 0 Å². The highest BCUT2D eigenvalue weighted by atomic mass is 31.1. The topological polar surface area (TPSA) is 23.8 Å². The summed E-state index contributed by atoms with van der Waals surface area (Å²) in [7, 11) is -0.620. The quantitative estimate of drug-likeness (QED) is 0.397. The third kappa shape index (κ3) is 20500. The summed E-state index contributed by atoms with van der Waals surface area (Å²) in [5.41, 5.74) is 0. The predicted molar refractivity (Wildman–Crippen MR) is 20.5 cm³/mol. The van der Waals surface area contributed by atoms with Gasteiger partial charge in [0.25, 0.3) is 0 Å². The first-order valence-electron chi connectivity index (χ1n) is 1.09. The van der Waals surface area contributed by atoms with Crippen LogP contribution in [0.2, 0.25) is 0 Å². The van der Waals surface area contributed by atoms with E-state index in [-0.39, 0.29) is 0 Å². The Morgan fingerprint density at radius 1 is 1.50 bits per heavy atom. The van der Waals surface area contributed by atoms with Crippen molar-refractivity contribution in [3.63, 3.8) is 0 Å². The van der Waals surface area contributed by atoms with E-state index in [0.29, 0.717) is 0 Å². The monoisotopic (exact) mass is 75.0 g/mol. The van der Waals surface area contributed by atoms with Crippen molar-refractivity contribution in [1.29, 1.82) is 5.00 Å². The normalized spacial score (nSPS) is 6.25. The SMILES string of the molecule is CP(C)#N. The van der Waals surface area contributed by atoms with Crippen LogP contribution in [0, 0.1) is 5.00 Å². The molecule has 0 aliphatic heterocycles. The van der Waals surface area contributed by atoms with Crippen LogP contribution < -0.4 is 0 Å². The highest BCUT2D eigenvalue weighted by Gasteiger charge is 1.53. The molecule has 0 N–H and O–H groups in total. The molecule has 0 rings (SSSR count). The van der Waals surface area contributed by atoms with E-state index in [2.05, 4.69) is 0 Å². The van der Waals surface area contributed by atoms with Gasteiger partial charge in [0.2, 0.25) is 0 Å². The van der Waals surface area contributed by atoms with Crippen LogP contribution in [-0.4, -0.2) is 13.3 Å². The lowest BCUT2D eigenvalue weighted by Crippen LogP contribution is -1.27. The zero-order valence-corrected chi connectivity index (χ0v) is 3.79. The third-order valence-corrected chi connectivity index (χ3v) is 0. The van der Waals surface area contributed by atoms with Gasteiger partial charge in [-0.2, -0.15) is 0 Å². The van der Waals surface area contributed by atoms with E-state index in [0.717, 1.165) is 0 Å². The van der Waals surface area contributed by atoms with Crippen LogP contribution in [0.4, 0.5) is 0 Å². The molecule has 0 saturated carbocycles. The van der Waals surface area contributed by atoms with Gasteiger partial charge in [-0.05, 0) is 0 Å². The van der Waals surface area contributed by atoms with Gasteiger partial charge in [-0.25, -0.2) is 5.00 Å². The van der Waals surface area contributed by atoms with Crippen molar-refractivity contribution in [2.24, 2.45) is 0 Å². The molecule has 0 saturated heterocycles. The Balaban J connectivity index is 3.02. The molecule has 4 heavy (non-hydrogen) atoms. The van der Waals surface area contributed by atoms with Gasteiger partial charge in [-0.1, -0.05) is 0 Å². The van der Waals surface area contributed by atoms with Crippen LogP contribution in [0.15, 0.2) is 0 Å². The summed E-state index contributed by atoms with van der Waals surface area (Å²) in [6, 6.07) is 0. The molecule has 0 aromatic heterocycles. The zero-order valence-electron chi connectivity index (χ0n) is 2.89. The van der Waals surface area contributed by atoms with Gasteiger partial charge < -0.3 is 0 Å². The number of nitrogens with zero attached hydrogens (tertiary/aromatic N) is 1. The maximum absolute atomic E-state index is 8.12. The molecule has 0 heterocycles. The van der Waals surface area contributed by atoms with Gasteiger partial charge in [0.1, 0.15) is 0 Å². The number of hydrogen-bond donors (Lipinski definition) is 0. The third-order valence-electron chi connectivity index (χ3n) is 0. The Hall–Kier alpha value is 0.0100. The summed E-state index contributed by atoms with van der Waals surface area (Å²) in [5, 5.41) is 8.12. The number of hydrogen-bond acceptors (Lipinski definition) is 1. The van der Waals surface area contributed by atoms with E-state index in [1.807, 2.05) is 0 Å². The van der Waals surface area contributed by atoms with E-state index in [4.69, 9.17) is 5.00 Å². The fraction of sp³-hybridized carbons (Fsp3) is 1.00.